The molecule has 0 aliphatic carbocycles. The van der Waals surface area contributed by atoms with Crippen LogP contribution < -0.4 is 5.73 Å². The lowest BCUT2D eigenvalue weighted by Crippen LogP contribution is -1.84. The van der Waals surface area contributed by atoms with E-state index >= 15 is 0 Å². The number of benzene rings is 1. The highest BCUT2D eigenvalue weighted by Gasteiger charge is 2.13. The first-order valence-electron chi connectivity index (χ1n) is 5.99. The van der Waals surface area contributed by atoms with Crippen LogP contribution in [-0.2, 0) is 13.5 Å². The van der Waals surface area contributed by atoms with Crippen molar-refractivity contribution in [3.8, 4) is 11.3 Å². The number of nitrogen functional groups attached to an aromatic ring is 1. The van der Waals surface area contributed by atoms with Crippen LogP contribution >= 0.6 is 0 Å². The number of anilines is 1. The predicted molar refractivity (Wildman–Crippen MR) is 72.2 cm³/mol. The fourth-order valence-corrected chi connectivity index (χ4v) is 2.27. The summed E-state index contributed by atoms with van der Waals surface area (Å²) in [6, 6.07) is 8.25. The fraction of sp³-hybridized carbons (Fsp3) is 0.214. The highest BCUT2D eigenvalue weighted by Crippen LogP contribution is 2.31. The molecule has 0 spiro atoms. The van der Waals surface area contributed by atoms with E-state index in [0.29, 0.717) is 11.6 Å². The molecule has 0 aliphatic heterocycles. The lowest BCUT2D eigenvalue weighted by atomic mass is 10.1. The average Bonchev–Trinajstić information content (AvgIpc) is 2.93. The largest absolute Gasteiger partial charge is 0.381 e. The van der Waals surface area contributed by atoms with Gasteiger partial charge in [-0.3, -0.25) is 0 Å². The van der Waals surface area contributed by atoms with Crippen molar-refractivity contribution in [2.24, 2.45) is 7.05 Å². The number of fused-ring (bicyclic) bond motifs is 1. The van der Waals surface area contributed by atoms with Crippen LogP contribution in [0.3, 0.4) is 0 Å². The Morgan fingerprint density at radius 3 is 2.83 bits per heavy atom. The van der Waals surface area contributed by atoms with E-state index in [1.54, 1.807) is 6.07 Å². The predicted octanol–water partition coefficient (Wildman–Crippen LogP) is 2.98. The van der Waals surface area contributed by atoms with E-state index in [9.17, 15) is 0 Å². The van der Waals surface area contributed by atoms with Gasteiger partial charge in [0.05, 0.1) is 0 Å². The van der Waals surface area contributed by atoms with Crippen molar-refractivity contribution in [1.29, 1.82) is 0 Å². The SMILES string of the molecule is CCc1ccc2c(c1)c(-c1cc(N)no1)cn2C. The maximum Gasteiger partial charge on any atom is 0.171 e. The summed E-state index contributed by atoms with van der Waals surface area (Å²) in [4.78, 5) is 0. The second kappa shape index (κ2) is 3.91. The summed E-state index contributed by atoms with van der Waals surface area (Å²) in [5.41, 5.74) is 9.13. The molecule has 0 saturated carbocycles. The molecule has 0 fully saturated rings. The molecule has 2 N–H and O–H groups in total. The first kappa shape index (κ1) is 10.9. The summed E-state index contributed by atoms with van der Waals surface area (Å²) in [7, 11) is 2.02. The van der Waals surface area contributed by atoms with Crippen molar-refractivity contribution in [1.82, 2.24) is 9.72 Å². The molecular formula is C14H15N3O. The number of nitrogens with zero attached hydrogens (tertiary/aromatic N) is 2. The lowest BCUT2D eigenvalue weighted by molar-refractivity contribution is 0.436. The Hall–Kier alpha value is -2.23. The number of hydrogen-bond acceptors (Lipinski definition) is 3. The number of nitrogens with two attached hydrogens (primary N) is 1. The van der Waals surface area contributed by atoms with Crippen molar-refractivity contribution >= 4 is 16.7 Å². The zero-order valence-electron chi connectivity index (χ0n) is 10.5. The second-order valence-corrected chi connectivity index (χ2v) is 4.47. The fourth-order valence-electron chi connectivity index (χ4n) is 2.27. The molecule has 0 unspecified atom stereocenters. The molecule has 0 amide bonds. The van der Waals surface area contributed by atoms with Crippen LogP contribution in [-0.4, -0.2) is 9.72 Å². The minimum absolute atomic E-state index is 0.411. The molecule has 2 heterocycles. The van der Waals surface area contributed by atoms with Crippen LogP contribution in [0.15, 0.2) is 35.0 Å². The summed E-state index contributed by atoms with van der Waals surface area (Å²) in [5.74, 6) is 1.13. The highest BCUT2D eigenvalue weighted by atomic mass is 16.5. The average molecular weight is 241 g/mol. The first-order valence-corrected chi connectivity index (χ1v) is 5.99. The van der Waals surface area contributed by atoms with Gasteiger partial charge >= 0.3 is 0 Å². The molecule has 0 atom stereocenters. The van der Waals surface area contributed by atoms with E-state index in [1.807, 2.05) is 13.2 Å². The third-order valence-corrected chi connectivity index (χ3v) is 3.26. The van der Waals surface area contributed by atoms with E-state index in [4.69, 9.17) is 10.3 Å². The first-order chi connectivity index (χ1) is 8.69. The molecular weight excluding hydrogens is 226 g/mol. The van der Waals surface area contributed by atoms with Crippen molar-refractivity contribution in [3.63, 3.8) is 0 Å². The van der Waals surface area contributed by atoms with Gasteiger partial charge in [-0.15, -0.1) is 0 Å². The number of aromatic nitrogens is 2. The third kappa shape index (κ3) is 1.57. The minimum Gasteiger partial charge on any atom is -0.381 e. The third-order valence-electron chi connectivity index (χ3n) is 3.26. The van der Waals surface area contributed by atoms with Crippen LogP contribution in [0.2, 0.25) is 0 Å². The summed E-state index contributed by atoms with van der Waals surface area (Å²) in [6.07, 6.45) is 3.06. The zero-order valence-corrected chi connectivity index (χ0v) is 10.5. The van der Waals surface area contributed by atoms with Crippen LogP contribution in [0.5, 0.6) is 0 Å². The molecule has 0 saturated heterocycles. The van der Waals surface area contributed by atoms with Crippen LogP contribution in [0.1, 0.15) is 12.5 Å². The number of hydrogen-bond donors (Lipinski definition) is 1. The van der Waals surface area contributed by atoms with Crippen molar-refractivity contribution in [2.75, 3.05) is 5.73 Å². The molecule has 0 bridgehead atoms. The normalized spacial score (nSPS) is 11.2. The topological polar surface area (TPSA) is 57.0 Å². The van der Waals surface area contributed by atoms with E-state index < -0.39 is 0 Å². The summed E-state index contributed by atoms with van der Waals surface area (Å²) < 4.78 is 7.34. The molecule has 0 aliphatic rings. The van der Waals surface area contributed by atoms with Crippen LogP contribution in [0.25, 0.3) is 22.2 Å². The molecule has 2 aromatic heterocycles. The zero-order chi connectivity index (χ0) is 12.7. The van der Waals surface area contributed by atoms with Gasteiger partial charge in [0, 0.05) is 35.8 Å². The molecule has 1 aromatic carbocycles. The number of aryl methyl sites for hydroxylation is 2. The molecule has 3 rings (SSSR count). The van der Waals surface area contributed by atoms with Gasteiger partial charge in [0.1, 0.15) is 0 Å². The van der Waals surface area contributed by atoms with Gasteiger partial charge in [-0.25, -0.2) is 0 Å². The van der Waals surface area contributed by atoms with Gasteiger partial charge in [0.2, 0.25) is 0 Å². The maximum atomic E-state index is 5.61. The van der Waals surface area contributed by atoms with Gasteiger partial charge in [-0.05, 0) is 24.1 Å². The highest BCUT2D eigenvalue weighted by molar-refractivity contribution is 5.95. The van der Waals surface area contributed by atoms with Crippen molar-refractivity contribution in [3.05, 3.63) is 36.0 Å². The smallest absolute Gasteiger partial charge is 0.171 e. The quantitative estimate of drug-likeness (QED) is 0.750. The summed E-state index contributed by atoms with van der Waals surface area (Å²) >= 11 is 0. The maximum absolute atomic E-state index is 5.61. The minimum atomic E-state index is 0.411. The van der Waals surface area contributed by atoms with E-state index in [0.717, 1.165) is 12.0 Å². The van der Waals surface area contributed by atoms with Gasteiger partial charge in [-0.2, -0.15) is 0 Å². The van der Waals surface area contributed by atoms with Gasteiger partial charge < -0.3 is 14.8 Å². The second-order valence-electron chi connectivity index (χ2n) is 4.47. The van der Waals surface area contributed by atoms with Gasteiger partial charge in [0.25, 0.3) is 0 Å². The van der Waals surface area contributed by atoms with Crippen LogP contribution in [0, 0.1) is 0 Å². The molecule has 0 radical (unpaired) electrons. The monoisotopic (exact) mass is 241 g/mol. The van der Waals surface area contributed by atoms with Crippen molar-refractivity contribution in [2.45, 2.75) is 13.3 Å². The Bertz CT molecular complexity index is 709. The Morgan fingerprint density at radius 2 is 2.17 bits per heavy atom. The molecule has 92 valence electrons. The molecule has 4 nitrogen and oxygen atoms in total. The lowest BCUT2D eigenvalue weighted by Gasteiger charge is -1.99. The van der Waals surface area contributed by atoms with Gasteiger partial charge in [0.15, 0.2) is 11.6 Å². The Balaban J connectivity index is 2.28. The Labute approximate surface area is 105 Å². The van der Waals surface area contributed by atoms with E-state index in [2.05, 4.69) is 34.8 Å². The van der Waals surface area contributed by atoms with Crippen LogP contribution in [0.4, 0.5) is 5.82 Å². The van der Waals surface area contributed by atoms with E-state index in [-0.39, 0.29) is 0 Å². The number of rotatable bonds is 2. The molecule has 4 heteroatoms. The molecule has 18 heavy (non-hydrogen) atoms. The van der Waals surface area contributed by atoms with E-state index in [1.165, 1.54) is 16.5 Å². The summed E-state index contributed by atoms with van der Waals surface area (Å²) in [5, 5.41) is 4.92. The van der Waals surface area contributed by atoms with Crippen molar-refractivity contribution < 1.29 is 4.52 Å². The molecule has 3 aromatic rings. The van der Waals surface area contributed by atoms with Gasteiger partial charge in [-0.1, -0.05) is 18.1 Å². The standard InChI is InChI=1S/C14H15N3O/c1-3-9-4-5-12-10(6-9)11(8-17(12)2)13-7-14(15)16-18-13/h4-8H,3H2,1-2H3,(H2,15,16). The Morgan fingerprint density at radius 1 is 1.33 bits per heavy atom. The Kier molecular flexibility index (Phi) is 2.37. The summed E-state index contributed by atoms with van der Waals surface area (Å²) in [6.45, 7) is 2.15.